The molecule has 0 N–H and O–H groups in total. The molecule has 0 aliphatic heterocycles. The lowest BCUT2D eigenvalue weighted by molar-refractivity contribution is -0.870. The van der Waals surface area contributed by atoms with Crippen LogP contribution in [0.1, 0.15) is 232 Å². The predicted octanol–water partition coefficient (Wildman–Crippen LogP) is 16.0. The first-order valence-corrected chi connectivity index (χ1v) is 29.4. The highest BCUT2D eigenvalue weighted by molar-refractivity contribution is 5.70. The van der Waals surface area contributed by atoms with Crippen LogP contribution in [0.2, 0.25) is 0 Å². The molecule has 0 aromatic carbocycles. The SMILES string of the molecule is CC/C=C\C/C=C\C/C=C\C/C=C\C/C=C\CCCCCCCCCCCCCCCCCC(=O)OC(COC(=O)CCCCCCCCC/C=C\C/C=C\C/C=C\CC)COC(OCC[N+](C)(C)C)C(=O)[O-]. The van der Waals surface area contributed by atoms with Crippen LogP contribution in [0.25, 0.3) is 0 Å². The normalized spacial score (nSPS) is 13.5. The Hall–Kier alpha value is -3.79. The number of hydrogen-bond acceptors (Lipinski definition) is 8. The molecule has 9 heteroatoms. The molecule has 73 heavy (non-hydrogen) atoms. The molecule has 0 aliphatic rings. The molecule has 0 amide bonds. The fraction of sp³-hybridized carbons (Fsp3) is 0.703. The summed E-state index contributed by atoms with van der Waals surface area (Å²) >= 11 is 0. The summed E-state index contributed by atoms with van der Waals surface area (Å²) in [6, 6.07) is 0. The number of quaternary nitrogens is 1. The van der Waals surface area contributed by atoms with Crippen molar-refractivity contribution in [2.75, 3.05) is 47.5 Å². The third-order valence-corrected chi connectivity index (χ3v) is 12.3. The van der Waals surface area contributed by atoms with Gasteiger partial charge in [-0.05, 0) is 89.9 Å². The number of ether oxygens (including phenoxy) is 4. The van der Waals surface area contributed by atoms with Gasteiger partial charge in [-0.15, -0.1) is 0 Å². The molecule has 0 bridgehead atoms. The van der Waals surface area contributed by atoms with Gasteiger partial charge in [0.25, 0.3) is 0 Å². The molecule has 0 aromatic heterocycles. The number of aliphatic carboxylic acids is 1. The number of likely N-dealkylation sites (N-methyl/N-ethyl adjacent to an activating group) is 1. The average molecular weight is 1020 g/mol. The lowest BCUT2D eigenvalue weighted by Gasteiger charge is -2.26. The number of carboxylic acid groups (broad SMARTS) is 1. The maximum absolute atomic E-state index is 12.9. The van der Waals surface area contributed by atoms with E-state index < -0.39 is 24.3 Å². The topological polar surface area (TPSA) is 111 Å². The van der Waals surface area contributed by atoms with Crippen molar-refractivity contribution < 1.29 is 42.9 Å². The molecule has 9 nitrogen and oxygen atoms in total. The summed E-state index contributed by atoms with van der Waals surface area (Å²) in [6.07, 6.45) is 70.3. The quantitative estimate of drug-likeness (QED) is 0.0195. The van der Waals surface area contributed by atoms with Crippen molar-refractivity contribution in [3.8, 4) is 0 Å². The van der Waals surface area contributed by atoms with E-state index in [1.54, 1.807) is 0 Å². The van der Waals surface area contributed by atoms with Crippen molar-refractivity contribution in [1.29, 1.82) is 0 Å². The third kappa shape index (κ3) is 55.8. The van der Waals surface area contributed by atoms with Gasteiger partial charge in [0.05, 0.1) is 40.3 Å². The van der Waals surface area contributed by atoms with Gasteiger partial charge in [-0.25, -0.2) is 0 Å². The fourth-order valence-corrected chi connectivity index (χ4v) is 7.87. The van der Waals surface area contributed by atoms with E-state index >= 15 is 0 Å². The second-order valence-electron chi connectivity index (χ2n) is 20.5. The summed E-state index contributed by atoms with van der Waals surface area (Å²) in [4.78, 5) is 37.3. The molecular weight excluding hydrogens is 911 g/mol. The van der Waals surface area contributed by atoms with E-state index in [1.165, 1.54) is 96.3 Å². The largest absolute Gasteiger partial charge is 0.545 e. The van der Waals surface area contributed by atoms with E-state index in [2.05, 4.69) is 111 Å². The van der Waals surface area contributed by atoms with E-state index in [1.807, 2.05) is 21.1 Å². The summed E-state index contributed by atoms with van der Waals surface area (Å²) in [7, 11) is 5.91. The maximum atomic E-state index is 12.9. The second-order valence-corrected chi connectivity index (χ2v) is 20.5. The molecule has 0 spiro atoms. The van der Waals surface area contributed by atoms with Gasteiger partial charge in [-0.3, -0.25) is 9.59 Å². The number of hydrogen-bond donors (Lipinski definition) is 0. The molecule has 0 aromatic rings. The zero-order valence-electron chi connectivity index (χ0n) is 47.5. The highest BCUT2D eigenvalue weighted by atomic mass is 16.7. The fourth-order valence-electron chi connectivity index (χ4n) is 7.87. The summed E-state index contributed by atoms with van der Waals surface area (Å²) in [5, 5.41) is 11.8. The Morgan fingerprint density at radius 3 is 1.10 bits per heavy atom. The summed E-state index contributed by atoms with van der Waals surface area (Å²) in [5.41, 5.74) is 0. The number of rotatable bonds is 53. The van der Waals surface area contributed by atoms with Crippen LogP contribution in [0.15, 0.2) is 97.2 Å². The maximum Gasteiger partial charge on any atom is 0.306 e. The van der Waals surface area contributed by atoms with Crippen LogP contribution < -0.4 is 5.11 Å². The second kappa shape index (κ2) is 54.5. The lowest BCUT2D eigenvalue weighted by Crippen LogP contribution is -2.44. The van der Waals surface area contributed by atoms with E-state index in [9.17, 15) is 19.5 Å². The van der Waals surface area contributed by atoms with E-state index in [0.717, 1.165) is 103 Å². The number of carboxylic acids is 1. The van der Waals surface area contributed by atoms with Gasteiger partial charge < -0.3 is 33.3 Å². The van der Waals surface area contributed by atoms with Gasteiger partial charge in [-0.2, -0.15) is 0 Å². The monoisotopic (exact) mass is 1020 g/mol. The van der Waals surface area contributed by atoms with Crippen molar-refractivity contribution in [2.45, 2.75) is 245 Å². The first-order valence-electron chi connectivity index (χ1n) is 29.4. The Morgan fingerprint density at radius 1 is 0.411 bits per heavy atom. The van der Waals surface area contributed by atoms with E-state index in [4.69, 9.17) is 18.9 Å². The molecule has 0 rings (SSSR count). The van der Waals surface area contributed by atoms with Gasteiger partial charge in [0, 0.05) is 12.8 Å². The molecule has 2 unspecified atom stereocenters. The lowest BCUT2D eigenvalue weighted by atomic mass is 10.0. The Bertz CT molecular complexity index is 1520. The number of esters is 2. The Morgan fingerprint density at radius 2 is 0.740 bits per heavy atom. The molecule has 0 saturated carbocycles. The molecular formula is C64H109NO8. The average Bonchev–Trinajstić information content (AvgIpc) is 3.36. The van der Waals surface area contributed by atoms with E-state index in [0.29, 0.717) is 17.4 Å². The van der Waals surface area contributed by atoms with Crippen LogP contribution in [0.3, 0.4) is 0 Å². The molecule has 2 atom stereocenters. The minimum Gasteiger partial charge on any atom is -0.545 e. The Kier molecular flexibility index (Phi) is 51.6. The first kappa shape index (κ1) is 69.2. The van der Waals surface area contributed by atoms with Gasteiger partial charge in [-0.1, -0.05) is 227 Å². The van der Waals surface area contributed by atoms with Gasteiger partial charge in [0.15, 0.2) is 12.4 Å². The van der Waals surface area contributed by atoms with Crippen molar-refractivity contribution in [3.05, 3.63) is 97.2 Å². The van der Waals surface area contributed by atoms with Gasteiger partial charge in [0.2, 0.25) is 0 Å². The first-order chi connectivity index (χ1) is 35.6. The highest BCUT2D eigenvalue weighted by Gasteiger charge is 2.22. The molecule has 0 aliphatic carbocycles. The van der Waals surface area contributed by atoms with Gasteiger partial charge in [0.1, 0.15) is 13.2 Å². The number of unbranched alkanes of at least 4 members (excludes halogenated alkanes) is 22. The van der Waals surface area contributed by atoms with Crippen LogP contribution in [0.4, 0.5) is 0 Å². The van der Waals surface area contributed by atoms with Crippen LogP contribution >= 0.6 is 0 Å². The zero-order chi connectivity index (χ0) is 53.4. The van der Waals surface area contributed by atoms with Crippen LogP contribution in [-0.2, 0) is 33.3 Å². The number of allylic oxidation sites excluding steroid dienone is 16. The summed E-state index contributed by atoms with van der Waals surface area (Å²) in [5.74, 6) is -2.30. The van der Waals surface area contributed by atoms with E-state index in [-0.39, 0.29) is 38.6 Å². The summed E-state index contributed by atoms with van der Waals surface area (Å²) in [6.45, 7) is 4.51. The number of nitrogens with zero attached hydrogens (tertiary/aromatic N) is 1. The molecule has 0 radical (unpaired) electrons. The minimum absolute atomic E-state index is 0.142. The Labute approximate surface area is 448 Å². The van der Waals surface area contributed by atoms with Crippen LogP contribution in [0, 0.1) is 0 Å². The third-order valence-electron chi connectivity index (χ3n) is 12.3. The highest BCUT2D eigenvalue weighted by Crippen LogP contribution is 2.16. The van der Waals surface area contributed by atoms with Crippen molar-refractivity contribution in [3.63, 3.8) is 0 Å². The van der Waals surface area contributed by atoms with Crippen molar-refractivity contribution >= 4 is 17.9 Å². The molecule has 0 heterocycles. The Balaban J connectivity index is 4.19. The summed E-state index contributed by atoms with van der Waals surface area (Å²) < 4.78 is 22.7. The smallest absolute Gasteiger partial charge is 0.306 e. The molecule has 0 fully saturated rings. The molecule has 418 valence electrons. The van der Waals surface area contributed by atoms with Crippen molar-refractivity contribution in [1.82, 2.24) is 0 Å². The standard InChI is InChI=1S/C64H109NO8/c1-6-8-10-12-14-16-18-20-22-24-25-26-27-28-29-30-31-32-33-34-35-36-37-39-41-43-45-47-49-51-53-55-62(67)73-60(59-72-64(63(68)69)70-57-56-65(3,4)5)58-71-61(66)54-52-50-48-46-44-42-40-38-23-21-19-17-15-13-11-9-7-2/h8-11,14-17,20-23,25-26,28-29,60,64H,6-7,12-13,18-19,24,27,30-59H2,1-5H3/b10-8-,11-9-,16-14-,17-15-,22-20-,23-21-,26-25-,29-28-. The molecule has 0 saturated heterocycles. The number of carbonyl (C=O) groups is 3. The zero-order valence-corrected chi connectivity index (χ0v) is 47.5. The predicted molar refractivity (Wildman–Crippen MR) is 306 cm³/mol. The number of carbonyl (C=O) groups excluding carboxylic acids is 3. The van der Waals surface area contributed by atoms with Gasteiger partial charge >= 0.3 is 11.9 Å². The van der Waals surface area contributed by atoms with Crippen molar-refractivity contribution in [2.24, 2.45) is 0 Å². The minimum atomic E-state index is -1.63. The van der Waals surface area contributed by atoms with Crippen LogP contribution in [-0.4, -0.2) is 82.3 Å². The van der Waals surface area contributed by atoms with Crippen LogP contribution in [0.5, 0.6) is 0 Å².